The van der Waals surface area contributed by atoms with Gasteiger partial charge in [-0.05, 0) is 24.6 Å². The zero-order chi connectivity index (χ0) is 20.8. The minimum atomic E-state index is -0.496. The number of fused-ring (bicyclic) bond motifs is 2. The Bertz CT molecular complexity index is 1360. The average molecular weight is 401 g/mol. The lowest BCUT2D eigenvalue weighted by atomic mass is 9.95. The van der Waals surface area contributed by atoms with Gasteiger partial charge in [-0.1, -0.05) is 24.3 Å². The summed E-state index contributed by atoms with van der Waals surface area (Å²) in [6, 6.07) is 12.7. The van der Waals surface area contributed by atoms with Crippen molar-refractivity contribution in [3.8, 4) is 5.75 Å². The first-order chi connectivity index (χ1) is 14.6. The van der Waals surface area contributed by atoms with Gasteiger partial charge in [-0.3, -0.25) is 14.9 Å². The highest BCUT2D eigenvalue weighted by Gasteiger charge is 2.35. The van der Waals surface area contributed by atoms with Gasteiger partial charge in [-0.2, -0.15) is 0 Å². The van der Waals surface area contributed by atoms with Crippen molar-refractivity contribution in [2.75, 3.05) is 6.61 Å². The molecule has 1 aliphatic heterocycles. The maximum atomic E-state index is 12.9. The number of hydrogen-bond donors (Lipinski definition) is 4. The number of imide groups is 1. The van der Waals surface area contributed by atoms with Crippen LogP contribution in [0.2, 0.25) is 0 Å². The van der Waals surface area contributed by atoms with E-state index >= 15 is 0 Å². The number of benzene rings is 2. The molecule has 4 N–H and O–H groups in total. The zero-order valence-electron chi connectivity index (χ0n) is 16.0. The number of aliphatic hydroxyl groups is 1. The Labute approximate surface area is 171 Å². The molecule has 0 fully saturated rings. The number of carbonyl (C=O) groups is 2. The molecule has 7 nitrogen and oxygen atoms in total. The van der Waals surface area contributed by atoms with Gasteiger partial charge in [0, 0.05) is 53.0 Å². The van der Waals surface area contributed by atoms with Gasteiger partial charge in [-0.15, -0.1) is 0 Å². The van der Waals surface area contributed by atoms with Crippen LogP contribution in [0.1, 0.15) is 17.5 Å². The molecule has 2 aromatic carbocycles. The number of aromatic hydroxyl groups is 1. The number of nitrogens with zero attached hydrogens (tertiary/aromatic N) is 1. The van der Waals surface area contributed by atoms with Crippen LogP contribution in [0.15, 0.2) is 54.9 Å². The number of aryl methyl sites for hydroxylation is 1. The van der Waals surface area contributed by atoms with Crippen molar-refractivity contribution in [3.05, 3.63) is 66.0 Å². The summed E-state index contributed by atoms with van der Waals surface area (Å²) in [4.78, 5) is 28.8. The monoisotopic (exact) mass is 401 g/mol. The molecule has 2 aromatic heterocycles. The molecule has 0 saturated heterocycles. The van der Waals surface area contributed by atoms with Crippen molar-refractivity contribution < 1.29 is 19.8 Å². The van der Waals surface area contributed by atoms with Crippen molar-refractivity contribution >= 4 is 44.8 Å². The summed E-state index contributed by atoms with van der Waals surface area (Å²) < 4.78 is 1.89. The molecule has 0 saturated carbocycles. The van der Waals surface area contributed by atoms with Gasteiger partial charge in [0.1, 0.15) is 5.75 Å². The highest BCUT2D eigenvalue weighted by molar-refractivity contribution is 6.50. The van der Waals surface area contributed by atoms with Gasteiger partial charge in [0.05, 0.1) is 16.7 Å². The first-order valence-electron chi connectivity index (χ1n) is 9.68. The van der Waals surface area contributed by atoms with Crippen LogP contribution in [0, 0.1) is 0 Å². The summed E-state index contributed by atoms with van der Waals surface area (Å²) in [5.41, 5.74) is 3.23. The Balaban J connectivity index is 1.82. The van der Waals surface area contributed by atoms with Crippen LogP contribution < -0.4 is 5.32 Å². The number of phenolic OH excluding ortho intramolecular Hbond substituents is 1. The van der Waals surface area contributed by atoms with Gasteiger partial charge in [0.25, 0.3) is 11.8 Å². The molecule has 0 atom stereocenters. The second-order valence-corrected chi connectivity index (χ2v) is 7.27. The first kappa shape index (κ1) is 18.2. The molecule has 150 valence electrons. The normalized spacial score (nSPS) is 14.3. The fourth-order valence-electron chi connectivity index (χ4n) is 4.20. The van der Waals surface area contributed by atoms with Crippen LogP contribution in [0.3, 0.4) is 0 Å². The quantitative estimate of drug-likeness (QED) is 0.386. The third kappa shape index (κ3) is 2.63. The Kier molecular flexibility index (Phi) is 4.18. The van der Waals surface area contributed by atoms with Crippen LogP contribution in [0.25, 0.3) is 33.0 Å². The van der Waals surface area contributed by atoms with Crippen LogP contribution in [0.4, 0.5) is 0 Å². The highest BCUT2D eigenvalue weighted by Crippen LogP contribution is 2.40. The maximum Gasteiger partial charge on any atom is 0.259 e. The van der Waals surface area contributed by atoms with Crippen LogP contribution in [0.5, 0.6) is 5.75 Å². The second-order valence-electron chi connectivity index (χ2n) is 7.27. The molecule has 3 heterocycles. The number of phenols is 1. The third-order valence-electron chi connectivity index (χ3n) is 5.50. The molecular formula is C23H19N3O4. The standard InChI is InChI=1S/C23H19N3O4/c27-10-4-9-26-12-15(19-17(26)7-3-8-18(19)28)21-20(22(29)25-23(21)30)14-11-24-16-6-2-1-5-13(14)16/h1-3,5-8,11-12,24,27-28H,4,9-10H2,(H,25,29,30). The Morgan fingerprint density at radius 2 is 1.70 bits per heavy atom. The predicted molar refractivity (Wildman–Crippen MR) is 114 cm³/mol. The number of hydrogen-bond acceptors (Lipinski definition) is 4. The molecule has 0 radical (unpaired) electrons. The summed E-state index contributed by atoms with van der Waals surface area (Å²) in [5, 5.41) is 23.6. The van der Waals surface area contributed by atoms with Gasteiger partial charge >= 0.3 is 0 Å². The van der Waals surface area contributed by atoms with Crippen molar-refractivity contribution in [1.82, 2.24) is 14.9 Å². The van der Waals surface area contributed by atoms with E-state index < -0.39 is 11.8 Å². The fourth-order valence-corrected chi connectivity index (χ4v) is 4.20. The second kappa shape index (κ2) is 6.89. The predicted octanol–water partition coefficient (Wildman–Crippen LogP) is 2.78. The fraction of sp³-hybridized carbons (Fsp3) is 0.130. The van der Waals surface area contributed by atoms with E-state index in [4.69, 9.17) is 0 Å². The number of aliphatic hydroxyl groups excluding tert-OH is 1. The average Bonchev–Trinajstić information content (AvgIpc) is 3.40. The minimum Gasteiger partial charge on any atom is -0.507 e. The SMILES string of the molecule is O=C1NC(=O)C(c2cn(CCCO)c3cccc(O)c23)=C1c1c[nH]c2ccccc12. The number of para-hydroxylation sites is 1. The molecule has 2 amide bonds. The molecule has 1 aliphatic rings. The number of carbonyl (C=O) groups excluding carboxylic acids is 2. The summed E-state index contributed by atoms with van der Waals surface area (Å²) in [6.45, 7) is 0.539. The Hall–Kier alpha value is -3.84. The molecule has 0 spiro atoms. The lowest BCUT2D eigenvalue weighted by molar-refractivity contribution is -0.122. The van der Waals surface area contributed by atoms with Crippen molar-refractivity contribution in [3.63, 3.8) is 0 Å². The van der Waals surface area contributed by atoms with Crippen LogP contribution in [-0.4, -0.2) is 38.2 Å². The molecule has 7 heteroatoms. The van der Waals surface area contributed by atoms with Crippen LogP contribution >= 0.6 is 0 Å². The Morgan fingerprint density at radius 1 is 0.933 bits per heavy atom. The van der Waals surface area contributed by atoms with Gasteiger partial charge in [0.2, 0.25) is 0 Å². The summed E-state index contributed by atoms with van der Waals surface area (Å²) >= 11 is 0. The number of aromatic amines is 1. The summed E-state index contributed by atoms with van der Waals surface area (Å²) in [7, 11) is 0. The lowest BCUT2D eigenvalue weighted by Crippen LogP contribution is -2.22. The Morgan fingerprint density at radius 3 is 2.50 bits per heavy atom. The molecule has 5 rings (SSSR count). The van der Waals surface area contributed by atoms with Crippen molar-refractivity contribution in [1.29, 1.82) is 0 Å². The van der Waals surface area contributed by atoms with Crippen molar-refractivity contribution in [2.24, 2.45) is 0 Å². The number of H-pyrrole nitrogens is 1. The smallest absolute Gasteiger partial charge is 0.259 e. The van der Waals surface area contributed by atoms with E-state index in [-0.39, 0.29) is 23.5 Å². The topological polar surface area (TPSA) is 107 Å². The van der Waals surface area contributed by atoms with E-state index in [9.17, 15) is 19.8 Å². The molecule has 30 heavy (non-hydrogen) atoms. The number of amides is 2. The van der Waals surface area contributed by atoms with E-state index in [1.54, 1.807) is 24.5 Å². The van der Waals surface area contributed by atoms with E-state index in [1.165, 1.54) is 0 Å². The van der Waals surface area contributed by atoms with E-state index in [0.717, 1.165) is 16.4 Å². The number of nitrogens with one attached hydrogen (secondary N) is 2. The number of rotatable bonds is 5. The van der Waals surface area contributed by atoms with E-state index in [2.05, 4.69) is 10.3 Å². The molecule has 4 aromatic rings. The third-order valence-corrected chi connectivity index (χ3v) is 5.50. The zero-order valence-corrected chi connectivity index (χ0v) is 16.0. The molecular weight excluding hydrogens is 382 g/mol. The minimum absolute atomic E-state index is 0.0239. The first-order valence-corrected chi connectivity index (χ1v) is 9.68. The van der Waals surface area contributed by atoms with Gasteiger partial charge < -0.3 is 19.8 Å². The van der Waals surface area contributed by atoms with Gasteiger partial charge in [-0.25, -0.2) is 0 Å². The van der Waals surface area contributed by atoms with E-state index in [1.807, 2.05) is 34.9 Å². The van der Waals surface area contributed by atoms with Gasteiger partial charge in [0.15, 0.2) is 0 Å². The molecule has 0 aliphatic carbocycles. The molecule has 0 unspecified atom stereocenters. The maximum absolute atomic E-state index is 12.9. The summed E-state index contributed by atoms with van der Waals surface area (Å²) in [5.74, 6) is -0.931. The number of aromatic nitrogens is 2. The molecule has 0 bridgehead atoms. The largest absolute Gasteiger partial charge is 0.507 e. The van der Waals surface area contributed by atoms with Crippen molar-refractivity contribution in [2.45, 2.75) is 13.0 Å². The lowest BCUT2D eigenvalue weighted by Gasteiger charge is -2.04. The highest BCUT2D eigenvalue weighted by atomic mass is 16.3. The van der Waals surface area contributed by atoms with E-state index in [0.29, 0.717) is 29.5 Å². The summed E-state index contributed by atoms with van der Waals surface area (Å²) in [6.07, 6.45) is 4.02. The van der Waals surface area contributed by atoms with Crippen LogP contribution in [-0.2, 0) is 16.1 Å².